The van der Waals surface area contributed by atoms with Gasteiger partial charge in [0.25, 0.3) is 0 Å². The van der Waals surface area contributed by atoms with Crippen LogP contribution < -0.4 is 5.73 Å². The summed E-state index contributed by atoms with van der Waals surface area (Å²) in [4.78, 5) is 4.30. The summed E-state index contributed by atoms with van der Waals surface area (Å²) in [5.74, 6) is 0.424. The Morgan fingerprint density at radius 3 is 2.39 bits per heavy atom. The van der Waals surface area contributed by atoms with Crippen molar-refractivity contribution in [1.82, 2.24) is 14.8 Å². The van der Waals surface area contributed by atoms with Gasteiger partial charge in [0.2, 0.25) is 5.82 Å². The molecule has 0 aliphatic carbocycles. The molecule has 94 valence electrons. The number of rotatable bonds is 3. The lowest BCUT2D eigenvalue weighted by Crippen LogP contribution is -2.13. The van der Waals surface area contributed by atoms with Crippen LogP contribution in [0.2, 0.25) is 0 Å². The Bertz CT molecular complexity index is 578. The zero-order valence-electron chi connectivity index (χ0n) is 10.8. The molecule has 2 aromatic rings. The Labute approximate surface area is 112 Å². The van der Waals surface area contributed by atoms with Gasteiger partial charge in [0.1, 0.15) is 11.3 Å². The van der Waals surface area contributed by atoms with Gasteiger partial charge in [-0.3, -0.25) is 0 Å². The van der Waals surface area contributed by atoms with E-state index in [4.69, 9.17) is 18.0 Å². The molecule has 0 fully saturated rings. The zero-order valence-corrected chi connectivity index (χ0v) is 11.6. The molecule has 1 aromatic carbocycles. The molecule has 0 saturated heterocycles. The van der Waals surface area contributed by atoms with Crippen molar-refractivity contribution < 1.29 is 0 Å². The molecule has 0 saturated carbocycles. The second kappa shape index (κ2) is 4.86. The maximum Gasteiger partial charge on any atom is 0.208 e. The Hall–Kier alpha value is -1.75. The Morgan fingerprint density at radius 2 is 1.89 bits per heavy atom. The van der Waals surface area contributed by atoms with Crippen LogP contribution in [0.4, 0.5) is 0 Å². The lowest BCUT2D eigenvalue weighted by Gasteiger charge is -2.10. The van der Waals surface area contributed by atoms with Crippen molar-refractivity contribution in [2.24, 2.45) is 5.73 Å². The third kappa shape index (κ3) is 2.56. The van der Waals surface area contributed by atoms with Crippen molar-refractivity contribution in [2.75, 3.05) is 0 Å². The van der Waals surface area contributed by atoms with Crippen LogP contribution in [-0.2, 0) is 6.54 Å². The van der Waals surface area contributed by atoms with Gasteiger partial charge in [0.05, 0.1) is 6.54 Å². The lowest BCUT2D eigenvalue weighted by molar-refractivity contribution is 0.677. The molecule has 2 N–H and O–H groups in total. The van der Waals surface area contributed by atoms with E-state index in [1.54, 1.807) is 11.0 Å². The van der Waals surface area contributed by atoms with E-state index in [-0.39, 0.29) is 4.99 Å². The maximum absolute atomic E-state index is 5.49. The molecule has 0 amide bonds. The minimum absolute atomic E-state index is 0.228. The monoisotopic (exact) mass is 260 g/mol. The number of benzene rings is 1. The number of thiocarbonyl (C=S) groups is 1. The average Bonchev–Trinajstić information content (AvgIpc) is 2.71. The molecule has 1 heterocycles. The summed E-state index contributed by atoms with van der Waals surface area (Å²) in [6.45, 7) is 7.01. The molecule has 4 nitrogen and oxygen atoms in total. The highest BCUT2D eigenvalue weighted by molar-refractivity contribution is 7.80. The third-order valence-corrected chi connectivity index (χ3v) is 3.10. The van der Waals surface area contributed by atoms with Gasteiger partial charge in [-0.15, -0.1) is 5.10 Å². The lowest BCUT2D eigenvalue weighted by atomic mass is 10.00. The molecular weight excluding hydrogens is 244 g/mol. The molecule has 0 radical (unpaired) electrons. The van der Waals surface area contributed by atoms with Gasteiger partial charge >= 0.3 is 0 Å². The first-order chi connectivity index (χ1) is 8.47. The van der Waals surface area contributed by atoms with Crippen molar-refractivity contribution in [3.63, 3.8) is 0 Å². The number of nitrogens with two attached hydrogens (primary N) is 1. The predicted molar refractivity (Wildman–Crippen MR) is 75.7 cm³/mol. The second-order valence-electron chi connectivity index (χ2n) is 4.51. The fourth-order valence-electron chi connectivity index (χ4n) is 2.11. The molecule has 0 atom stereocenters. The summed E-state index contributed by atoms with van der Waals surface area (Å²) >= 11 is 4.85. The number of hydrogen-bond acceptors (Lipinski definition) is 3. The van der Waals surface area contributed by atoms with Crippen molar-refractivity contribution >= 4 is 17.2 Å². The molecule has 2 rings (SSSR count). The summed E-state index contributed by atoms with van der Waals surface area (Å²) in [5, 5.41) is 4.25. The smallest absolute Gasteiger partial charge is 0.208 e. The molecule has 0 unspecified atom stereocenters. The van der Waals surface area contributed by atoms with E-state index in [1.165, 1.54) is 22.3 Å². The number of hydrogen-bond donors (Lipinski definition) is 1. The first kappa shape index (κ1) is 12.7. The summed E-state index contributed by atoms with van der Waals surface area (Å²) in [5.41, 5.74) is 10.6. The SMILES string of the molecule is Cc1cc(C)c(Cn2cnc(C(N)=S)n2)c(C)c1. The van der Waals surface area contributed by atoms with Gasteiger partial charge in [-0.2, -0.15) is 0 Å². The van der Waals surface area contributed by atoms with Gasteiger partial charge in [0.15, 0.2) is 0 Å². The summed E-state index contributed by atoms with van der Waals surface area (Å²) in [7, 11) is 0. The standard InChI is InChI=1S/C13H16N4S/c1-8-4-9(2)11(10(3)5-8)6-17-7-15-13(16-17)12(14)18/h4-5,7H,6H2,1-3H3,(H2,14,18). The van der Waals surface area contributed by atoms with Crippen molar-refractivity contribution in [3.8, 4) is 0 Å². The fraction of sp³-hybridized carbons (Fsp3) is 0.308. The molecule has 18 heavy (non-hydrogen) atoms. The normalized spacial score (nSPS) is 10.6. The highest BCUT2D eigenvalue weighted by Crippen LogP contribution is 2.17. The van der Waals surface area contributed by atoms with E-state index < -0.39 is 0 Å². The maximum atomic E-state index is 5.49. The van der Waals surface area contributed by atoms with Crippen LogP contribution in [0.3, 0.4) is 0 Å². The molecule has 0 aliphatic rings. The summed E-state index contributed by atoms with van der Waals surface area (Å²) in [6, 6.07) is 4.35. The first-order valence-electron chi connectivity index (χ1n) is 5.73. The highest BCUT2D eigenvalue weighted by atomic mass is 32.1. The van der Waals surface area contributed by atoms with Crippen LogP contribution in [0.25, 0.3) is 0 Å². The van der Waals surface area contributed by atoms with Gasteiger partial charge in [-0.1, -0.05) is 29.9 Å². The van der Waals surface area contributed by atoms with Crippen LogP contribution in [0.5, 0.6) is 0 Å². The molecule has 0 spiro atoms. The van der Waals surface area contributed by atoms with Crippen molar-refractivity contribution in [3.05, 3.63) is 46.5 Å². The van der Waals surface area contributed by atoms with Crippen LogP contribution >= 0.6 is 12.2 Å². The van der Waals surface area contributed by atoms with Gasteiger partial charge in [0, 0.05) is 0 Å². The van der Waals surface area contributed by atoms with E-state index in [2.05, 4.69) is 43.0 Å². The quantitative estimate of drug-likeness (QED) is 0.856. The Balaban J connectivity index is 2.31. The molecule has 0 aliphatic heterocycles. The van der Waals surface area contributed by atoms with Crippen LogP contribution in [-0.4, -0.2) is 19.8 Å². The van der Waals surface area contributed by atoms with Crippen LogP contribution in [0.15, 0.2) is 18.5 Å². The topological polar surface area (TPSA) is 56.7 Å². The van der Waals surface area contributed by atoms with Crippen molar-refractivity contribution in [2.45, 2.75) is 27.3 Å². The third-order valence-electron chi connectivity index (χ3n) is 2.92. The van der Waals surface area contributed by atoms with Gasteiger partial charge in [-0.25, -0.2) is 9.67 Å². The van der Waals surface area contributed by atoms with Gasteiger partial charge in [-0.05, 0) is 37.5 Å². The highest BCUT2D eigenvalue weighted by Gasteiger charge is 2.08. The van der Waals surface area contributed by atoms with E-state index in [1.807, 2.05) is 0 Å². The number of aromatic nitrogens is 3. The first-order valence-corrected chi connectivity index (χ1v) is 6.14. The molecular formula is C13H16N4S. The van der Waals surface area contributed by atoms with E-state index in [0.717, 1.165) is 0 Å². The average molecular weight is 260 g/mol. The summed E-state index contributed by atoms with van der Waals surface area (Å²) in [6.07, 6.45) is 1.66. The largest absolute Gasteiger partial charge is 0.387 e. The van der Waals surface area contributed by atoms with Crippen molar-refractivity contribution in [1.29, 1.82) is 0 Å². The Morgan fingerprint density at radius 1 is 1.28 bits per heavy atom. The number of aryl methyl sites for hydroxylation is 3. The fourth-order valence-corrected chi connectivity index (χ4v) is 2.20. The molecule has 1 aromatic heterocycles. The predicted octanol–water partition coefficient (Wildman–Crippen LogP) is 1.89. The Kier molecular flexibility index (Phi) is 3.43. The summed E-state index contributed by atoms with van der Waals surface area (Å²) < 4.78 is 1.76. The second-order valence-corrected chi connectivity index (χ2v) is 4.95. The molecule has 5 heteroatoms. The van der Waals surface area contributed by atoms with Crippen LogP contribution in [0.1, 0.15) is 28.1 Å². The minimum atomic E-state index is 0.228. The van der Waals surface area contributed by atoms with Gasteiger partial charge < -0.3 is 5.73 Å². The van der Waals surface area contributed by atoms with Crippen LogP contribution in [0, 0.1) is 20.8 Å². The van der Waals surface area contributed by atoms with E-state index >= 15 is 0 Å². The molecule has 0 bridgehead atoms. The van der Waals surface area contributed by atoms with E-state index in [0.29, 0.717) is 12.4 Å². The minimum Gasteiger partial charge on any atom is -0.387 e. The van der Waals surface area contributed by atoms with E-state index in [9.17, 15) is 0 Å². The zero-order chi connectivity index (χ0) is 13.3. The number of nitrogens with zero attached hydrogens (tertiary/aromatic N) is 3.